The number of rotatable bonds is 4. The van der Waals surface area contributed by atoms with Crippen LogP contribution in [0.1, 0.15) is 44.4 Å². The van der Waals surface area contributed by atoms with Crippen LogP contribution in [0.5, 0.6) is 0 Å². The fourth-order valence-corrected chi connectivity index (χ4v) is 2.09. The Morgan fingerprint density at radius 1 is 1.45 bits per heavy atom. The fraction of sp³-hybridized carbons (Fsp3) is 0.467. The van der Waals surface area contributed by atoms with Gasteiger partial charge in [0.15, 0.2) is 0 Å². The first-order valence-corrected chi connectivity index (χ1v) is 6.80. The van der Waals surface area contributed by atoms with E-state index in [4.69, 9.17) is 16.3 Å². The second-order valence-corrected chi connectivity index (χ2v) is 6.03. The number of aldehydes is 1. The number of alkyl carbamates (subject to hydrolysis) is 1. The normalized spacial score (nSPS) is 12.7. The Labute approximate surface area is 124 Å². The van der Waals surface area contributed by atoms with Gasteiger partial charge >= 0.3 is 6.09 Å². The van der Waals surface area contributed by atoms with Crippen LogP contribution in [0.4, 0.5) is 4.79 Å². The Morgan fingerprint density at radius 3 is 2.60 bits per heavy atom. The fourth-order valence-electron chi connectivity index (χ4n) is 1.72. The highest BCUT2D eigenvalue weighted by Crippen LogP contribution is 2.26. The summed E-state index contributed by atoms with van der Waals surface area (Å²) in [5, 5.41) is 3.20. The van der Waals surface area contributed by atoms with Crippen molar-refractivity contribution in [3.05, 3.63) is 34.3 Å². The number of hydrogen-bond acceptors (Lipinski definition) is 3. The molecule has 0 aliphatic heterocycles. The second-order valence-electron chi connectivity index (χ2n) is 5.63. The van der Waals surface area contributed by atoms with Crippen LogP contribution in [-0.4, -0.2) is 18.0 Å². The Balaban J connectivity index is 2.89. The third-order valence-corrected chi connectivity index (χ3v) is 2.88. The van der Waals surface area contributed by atoms with Gasteiger partial charge in [-0.15, -0.1) is 0 Å². The molecular formula is C15H20ClNO3. The Morgan fingerprint density at radius 2 is 2.10 bits per heavy atom. The SMILES string of the molecule is Cc1ccc([C@@H](CC=O)NC(=O)OC(C)(C)C)c(Cl)c1. The molecule has 1 amide bonds. The largest absolute Gasteiger partial charge is 0.444 e. The maximum absolute atomic E-state index is 11.8. The molecule has 20 heavy (non-hydrogen) atoms. The molecule has 0 aromatic heterocycles. The van der Waals surface area contributed by atoms with E-state index in [0.717, 1.165) is 11.8 Å². The molecule has 4 nitrogen and oxygen atoms in total. The minimum absolute atomic E-state index is 0.141. The van der Waals surface area contributed by atoms with Gasteiger partial charge in [-0.25, -0.2) is 4.79 Å². The zero-order valence-electron chi connectivity index (χ0n) is 12.2. The van der Waals surface area contributed by atoms with Gasteiger partial charge in [0, 0.05) is 11.4 Å². The first-order valence-electron chi connectivity index (χ1n) is 6.42. The molecule has 0 fully saturated rings. The predicted molar refractivity (Wildman–Crippen MR) is 79.0 cm³/mol. The smallest absolute Gasteiger partial charge is 0.408 e. The monoisotopic (exact) mass is 297 g/mol. The molecule has 0 spiro atoms. The Bertz CT molecular complexity index is 494. The van der Waals surface area contributed by atoms with E-state index >= 15 is 0 Å². The van der Waals surface area contributed by atoms with Gasteiger partial charge < -0.3 is 14.8 Å². The minimum atomic E-state index is -0.590. The molecule has 0 saturated heterocycles. The van der Waals surface area contributed by atoms with Gasteiger partial charge in [0.05, 0.1) is 6.04 Å². The molecule has 0 aliphatic rings. The molecule has 5 heteroatoms. The van der Waals surface area contributed by atoms with E-state index < -0.39 is 17.7 Å². The number of aryl methyl sites for hydroxylation is 1. The van der Waals surface area contributed by atoms with Crippen LogP contribution >= 0.6 is 11.6 Å². The lowest BCUT2D eigenvalue weighted by molar-refractivity contribution is -0.108. The summed E-state index contributed by atoms with van der Waals surface area (Å²) < 4.78 is 5.19. The maximum Gasteiger partial charge on any atom is 0.408 e. The van der Waals surface area contributed by atoms with Gasteiger partial charge in [0.1, 0.15) is 11.9 Å². The summed E-state index contributed by atoms with van der Waals surface area (Å²) in [7, 11) is 0. The van der Waals surface area contributed by atoms with Crippen molar-refractivity contribution in [2.45, 2.75) is 45.8 Å². The van der Waals surface area contributed by atoms with Crippen molar-refractivity contribution in [3.63, 3.8) is 0 Å². The topological polar surface area (TPSA) is 55.4 Å². The molecule has 1 rings (SSSR count). The number of carbonyl (C=O) groups excluding carboxylic acids is 2. The highest BCUT2D eigenvalue weighted by atomic mass is 35.5. The van der Waals surface area contributed by atoms with Crippen LogP contribution < -0.4 is 5.32 Å². The number of amides is 1. The molecule has 1 aromatic carbocycles. The number of carbonyl (C=O) groups is 2. The summed E-state index contributed by atoms with van der Waals surface area (Å²) >= 11 is 6.17. The van der Waals surface area contributed by atoms with Crippen LogP contribution in [-0.2, 0) is 9.53 Å². The molecule has 1 N–H and O–H groups in total. The standard InChI is InChI=1S/C15H20ClNO3/c1-10-5-6-11(12(16)9-10)13(7-8-18)17-14(19)20-15(2,3)4/h5-6,8-9,13H,7H2,1-4H3,(H,17,19)/t13-/m1/s1. The lowest BCUT2D eigenvalue weighted by Crippen LogP contribution is -2.35. The quantitative estimate of drug-likeness (QED) is 0.860. The number of halogens is 1. The first-order chi connectivity index (χ1) is 9.23. The van der Waals surface area contributed by atoms with Gasteiger partial charge in [-0.05, 0) is 44.9 Å². The highest BCUT2D eigenvalue weighted by Gasteiger charge is 2.21. The molecule has 0 radical (unpaired) electrons. The second kappa shape index (κ2) is 6.75. The van der Waals surface area contributed by atoms with Crippen molar-refractivity contribution in [3.8, 4) is 0 Å². The van der Waals surface area contributed by atoms with Gasteiger partial charge in [0.25, 0.3) is 0 Å². The van der Waals surface area contributed by atoms with Gasteiger partial charge in [-0.2, -0.15) is 0 Å². The van der Waals surface area contributed by atoms with Crippen LogP contribution in [0.15, 0.2) is 18.2 Å². The zero-order valence-corrected chi connectivity index (χ0v) is 13.0. The summed E-state index contributed by atoms with van der Waals surface area (Å²) in [4.78, 5) is 22.6. The number of benzene rings is 1. The third-order valence-electron chi connectivity index (χ3n) is 2.55. The van der Waals surface area contributed by atoms with Gasteiger partial charge in [0.2, 0.25) is 0 Å². The molecule has 0 aliphatic carbocycles. The first kappa shape index (κ1) is 16.5. The summed E-state index contributed by atoms with van der Waals surface area (Å²) in [5.74, 6) is 0. The Hall–Kier alpha value is -1.55. The van der Waals surface area contributed by atoms with E-state index in [1.807, 2.05) is 19.1 Å². The van der Waals surface area contributed by atoms with Crippen molar-refractivity contribution in [2.75, 3.05) is 0 Å². The van der Waals surface area contributed by atoms with E-state index in [2.05, 4.69) is 5.32 Å². The number of ether oxygens (including phenoxy) is 1. The lowest BCUT2D eigenvalue weighted by atomic mass is 10.0. The third kappa shape index (κ3) is 5.21. The number of hydrogen-bond donors (Lipinski definition) is 1. The van der Waals surface area contributed by atoms with E-state index in [0.29, 0.717) is 10.6 Å². The number of nitrogens with one attached hydrogen (secondary N) is 1. The van der Waals surface area contributed by atoms with Gasteiger partial charge in [-0.3, -0.25) is 0 Å². The summed E-state index contributed by atoms with van der Waals surface area (Å²) in [6.07, 6.45) is 0.321. The summed E-state index contributed by atoms with van der Waals surface area (Å²) in [6.45, 7) is 7.26. The molecule has 0 heterocycles. The average molecular weight is 298 g/mol. The van der Waals surface area contributed by atoms with Crippen LogP contribution in [0, 0.1) is 6.92 Å². The van der Waals surface area contributed by atoms with Crippen molar-refractivity contribution in [1.82, 2.24) is 5.32 Å². The van der Waals surface area contributed by atoms with E-state index in [1.54, 1.807) is 26.8 Å². The zero-order chi connectivity index (χ0) is 15.3. The van der Waals surface area contributed by atoms with Crippen molar-refractivity contribution >= 4 is 24.0 Å². The highest BCUT2D eigenvalue weighted by molar-refractivity contribution is 6.31. The lowest BCUT2D eigenvalue weighted by Gasteiger charge is -2.23. The van der Waals surface area contributed by atoms with E-state index in [-0.39, 0.29) is 6.42 Å². The van der Waals surface area contributed by atoms with E-state index in [9.17, 15) is 9.59 Å². The van der Waals surface area contributed by atoms with Crippen LogP contribution in [0.3, 0.4) is 0 Å². The molecular weight excluding hydrogens is 278 g/mol. The molecule has 1 atom stereocenters. The molecule has 1 aromatic rings. The van der Waals surface area contributed by atoms with E-state index in [1.165, 1.54) is 0 Å². The summed E-state index contributed by atoms with van der Waals surface area (Å²) in [6, 6.07) is 5.00. The van der Waals surface area contributed by atoms with Crippen molar-refractivity contribution < 1.29 is 14.3 Å². The van der Waals surface area contributed by atoms with Crippen molar-refractivity contribution in [1.29, 1.82) is 0 Å². The molecule has 0 saturated carbocycles. The minimum Gasteiger partial charge on any atom is -0.444 e. The molecule has 0 bridgehead atoms. The molecule has 110 valence electrons. The van der Waals surface area contributed by atoms with Crippen LogP contribution in [0.25, 0.3) is 0 Å². The van der Waals surface area contributed by atoms with Crippen LogP contribution in [0.2, 0.25) is 5.02 Å². The average Bonchev–Trinajstić information content (AvgIpc) is 2.25. The predicted octanol–water partition coefficient (Wildman–Crippen LogP) is 3.80. The van der Waals surface area contributed by atoms with Crippen molar-refractivity contribution in [2.24, 2.45) is 0 Å². The summed E-state index contributed by atoms with van der Waals surface area (Å²) in [5.41, 5.74) is 1.13. The van der Waals surface area contributed by atoms with Gasteiger partial charge in [-0.1, -0.05) is 23.7 Å². The maximum atomic E-state index is 11.8. The Kier molecular flexibility index (Phi) is 5.57. The molecule has 0 unspecified atom stereocenters.